The molecule has 5 heteroatoms. The molecule has 0 atom stereocenters. The minimum absolute atomic E-state index is 0.717. The van der Waals surface area contributed by atoms with Crippen molar-refractivity contribution in [2.24, 2.45) is 0 Å². The fourth-order valence-corrected chi connectivity index (χ4v) is 2.38. The number of fused-ring (bicyclic) bond motifs is 1. The van der Waals surface area contributed by atoms with Gasteiger partial charge >= 0.3 is 0 Å². The molecule has 0 aliphatic heterocycles. The van der Waals surface area contributed by atoms with Gasteiger partial charge in [0, 0.05) is 36.3 Å². The predicted octanol–water partition coefficient (Wildman–Crippen LogP) is 3.00. The Balaban J connectivity index is 2.17. The van der Waals surface area contributed by atoms with Gasteiger partial charge in [0.15, 0.2) is 5.82 Å². The van der Waals surface area contributed by atoms with Crippen molar-refractivity contribution in [3.8, 4) is 11.4 Å². The Morgan fingerprint density at radius 1 is 1.05 bits per heavy atom. The van der Waals surface area contributed by atoms with Crippen LogP contribution >= 0.6 is 0 Å². The lowest BCUT2D eigenvalue weighted by Gasteiger charge is -2.11. The molecular formula is C16H17N5. The second kappa shape index (κ2) is 5.44. The lowest BCUT2D eigenvalue weighted by atomic mass is 10.1. The summed E-state index contributed by atoms with van der Waals surface area (Å²) in [6.07, 6.45) is 4.26. The standard InChI is InChI=1S/C16H17N5/c1-4-12-10(2)15(17-3)21-16(20-12)11-5-6-13-14(9-11)19-8-7-18-13/h5-9H,4H2,1-3H3,(H,17,20,21). The van der Waals surface area contributed by atoms with E-state index in [1.165, 1.54) is 0 Å². The molecule has 0 saturated carbocycles. The summed E-state index contributed by atoms with van der Waals surface area (Å²) >= 11 is 0. The maximum Gasteiger partial charge on any atom is 0.161 e. The van der Waals surface area contributed by atoms with Crippen molar-refractivity contribution in [2.45, 2.75) is 20.3 Å². The van der Waals surface area contributed by atoms with Gasteiger partial charge in [0.1, 0.15) is 5.82 Å². The van der Waals surface area contributed by atoms with E-state index in [0.717, 1.165) is 40.1 Å². The third-order valence-electron chi connectivity index (χ3n) is 3.55. The summed E-state index contributed by atoms with van der Waals surface area (Å²) in [6, 6.07) is 5.91. The highest BCUT2D eigenvalue weighted by Crippen LogP contribution is 2.24. The van der Waals surface area contributed by atoms with Gasteiger partial charge in [-0.1, -0.05) is 6.92 Å². The van der Waals surface area contributed by atoms with Gasteiger partial charge in [0.05, 0.1) is 11.0 Å². The molecule has 0 saturated heterocycles. The molecule has 3 aromatic rings. The number of nitrogens with zero attached hydrogens (tertiary/aromatic N) is 4. The summed E-state index contributed by atoms with van der Waals surface area (Å²) in [5.41, 5.74) is 4.84. The fourth-order valence-electron chi connectivity index (χ4n) is 2.38. The average Bonchev–Trinajstić information content (AvgIpc) is 2.54. The first kappa shape index (κ1) is 13.4. The Morgan fingerprint density at radius 2 is 1.81 bits per heavy atom. The number of hydrogen-bond acceptors (Lipinski definition) is 5. The van der Waals surface area contributed by atoms with E-state index >= 15 is 0 Å². The Labute approximate surface area is 123 Å². The van der Waals surface area contributed by atoms with Crippen molar-refractivity contribution >= 4 is 16.9 Å². The summed E-state index contributed by atoms with van der Waals surface area (Å²) in [5.74, 6) is 1.59. The summed E-state index contributed by atoms with van der Waals surface area (Å²) in [5, 5.41) is 3.14. The van der Waals surface area contributed by atoms with Crippen molar-refractivity contribution in [3.63, 3.8) is 0 Å². The molecule has 0 bridgehead atoms. The zero-order valence-electron chi connectivity index (χ0n) is 12.4. The molecule has 1 N–H and O–H groups in total. The van der Waals surface area contributed by atoms with Gasteiger partial charge in [-0.25, -0.2) is 9.97 Å². The van der Waals surface area contributed by atoms with Gasteiger partial charge in [-0.2, -0.15) is 0 Å². The number of aromatic nitrogens is 4. The number of nitrogens with one attached hydrogen (secondary N) is 1. The van der Waals surface area contributed by atoms with E-state index in [2.05, 4.69) is 32.2 Å². The molecular weight excluding hydrogens is 262 g/mol. The number of rotatable bonds is 3. The Bertz CT molecular complexity index is 773. The minimum atomic E-state index is 0.717. The number of benzene rings is 1. The highest BCUT2D eigenvalue weighted by molar-refractivity contribution is 5.79. The van der Waals surface area contributed by atoms with Gasteiger partial charge in [0.25, 0.3) is 0 Å². The molecule has 21 heavy (non-hydrogen) atoms. The first-order valence-electron chi connectivity index (χ1n) is 6.99. The monoisotopic (exact) mass is 279 g/mol. The number of hydrogen-bond donors (Lipinski definition) is 1. The average molecular weight is 279 g/mol. The van der Waals surface area contributed by atoms with Crippen LogP contribution in [-0.4, -0.2) is 27.0 Å². The molecule has 0 radical (unpaired) electrons. The van der Waals surface area contributed by atoms with Gasteiger partial charge in [-0.3, -0.25) is 9.97 Å². The fraction of sp³-hybridized carbons (Fsp3) is 0.250. The molecule has 3 rings (SSSR count). The van der Waals surface area contributed by atoms with E-state index in [4.69, 9.17) is 0 Å². The molecule has 0 unspecified atom stereocenters. The summed E-state index contributed by atoms with van der Waals surface area (Å²) in [6.45, 7) is 4.14. The molecule has 0 aliphatic rings. The highest BCUT2D eigenvalue weighted by atomic mass is 15.0. The molecule has 1 aromatic carbocycles. The van der Waals surface area contributed by atoms with E-state index in [9.17, 15) is 0 Å². The van der Waals surface area contributed by atoms with Crippen LogP contribution in [0, 0.1) is 6.92 Å². The topological polar surface area (TPSA) is 63.6 Å². The van der Waals surface area contributed by atoms with Crippen molar-refractivity contribution in [3.05, 3.63) is 41.9 Å². The normalized spacial score (nSPS) is 10.8. The first-order chi connectivity index (χ1) is 10.2. The Kier molecular flexibility index (Phi) is 3.48. The quantitative estimate of drug-likeness (QED) is 0.798. The largest absolute Gasteiger partial charge is 0.373 e. The van der Waals surface area contributed by atoms with Crippen LogP contribution in [-0.2, 0) is 6.42 Å². The highest BCUT2D eigenvalue weighted by Gasteiger charge is 2.11. The second-order valence-electron chi connectivity index (χ2n) is 4.83. The molecule has 5 nitrogen and oxygen atoms in total. The third-order valence-corrected chi connectivity index (χ3v) is 3.55. The van der Waals surface area contributed by atoms with Gasteiger partial charge in [0.2, 0.25) is 0 Å². The Hall–Kier alpha value is -2.56. The maximum atomic E-state index is 4.68. The van der Waals surface area contributed by atoms with E-state index < -0.39 is 0 Å². The SMILES string of the molecule is CCc1nc(-c2ccc3nccnc3c2)nc(NC)c1C. The van der Waals surface area contributed by atoms with Crippen molar-refractivity contribution in [2.75, 3.05) is 12.4 Å². The molecule has 0 amide bonds. The van der Waals surface area contributed by atoms with E-state index in [1.54, 1.807) is 12.4 Å². The summed E-state index contributed by atoms with van der Waals surface area (Å²) in [4.78, 5) is 17.9. The smallest absolute Gasteiger partial charge is 0.161 e. The van der Waals surface area contributed by atoms with Crippen LogP contribution < -0.4 is 5.32 Å². The molecule has 2 aromatic heterocycles. The van der Waals surface area contributed by atoms with E-state index in [0.29, 0.717) is 5.82 Å². The molecule has 2 heterocycles. The Morgan fingerprint density at radius 3 is 2.52 bits per heavy atom. The zero-order valence-corrected chi connectivity index (χ0v) is 12.4. The molecule has 0 spiro atoms. The van der Waals surface area contributed by atoms with E-state index in [-0.39, 0.29) is 0 Å². The van der Waals surface area contributed by atoms with Crippen molar-refractivity contribution < 1.29 is 0 Å². The van der Waals surface area contributed by atoms with Crippen LogP contribution in [0.5, 0.6) is 0 Å². The van der Waals surface area contributed by atoms with Crippen LogP contribution in [0.25, 0.3) is 22.4 Å². The number of aryl methyl sites for hydroxylation is 1. The van der Waals surface area contributed by atoms with Crippen LogP contribution in [0.3, 0.4) is 0 Å². The molecule has 0 fully saturated rings. The predicted molar refractivity (Wildman–Crippen MR) is 84.2 cm³/mol. The lowest BCUT2D eigenvalue weighted by molar-refractivity contribution is 0.978. The van der Waals surface area contributed by atoms with Gasteiger partial charge in [-0.15, -0.1) is 0 Å². The number of anilines is 1. The van der Waals surface area contributed by atoms with Gasteiger partial charge < -0.3 is 5.32 Å². The second-order valence-corrected chi connectivity index (χ2v) is 4.83. The van der Waals surface area contributed by atoms with Crippen molar-refractivity contribution in [1.29, 1.82) is 0 Å². The van der Waals surface area contributed by atoms with Crippen LogP contribution in [0.15, 0.2) is 30.6 Å². The maximum absolute atomic E-state index is 4.68. The van der Waals surface area contributed by atoms with Crippen LogP contribution in [0.1, 0.15) is 18.2 Å². The zero-order chi connectivity index (χ0) is 14.8. The summed E-state index contributed by atoms with van der Waals surface area (Å²) in [7, 11) is 1.88. The molecule has 106 valence electrons. The van der Waals surface area contributed by atoms with Crippen LogP contribution in [0.4, 0.5) is 5.82 Å². The third kappa shape index (κ3) is 2.42. The first-order valence-corrected chi connectivity index (χ1v) is 6.99. The lowest BCUT2D eigenvalue weighted by Crippen LogP contribution is -2.04. The molecule has 0 aliphatic carbocycles. The van der Waals surface area contributed by atoms with Gasteiger partial charge in [-0.05, 0) is 31.5 Å². The minimum Gasteiger partial charge on any atom is -0.373 e. The van der Waals surface area contributed by atoms with Crippen molar-refractivity contribution in [1.82, 2.24) is 19.9 Å². The summed E-state index contributed by atoms with van der Waals surface area (Å²) < 4.78 is 0. The van der Waals surface area contributed by atoms with Crippen LogP contribution in [0.2, 0.25) is 0 Å². The van der Waals surface area contributed by atoms with E-state index in [1.807, 2.05) is 32.2 Å².